The van der Waals surface area contributed by atoms with E-state index in [-0.39, 0.29) is 17.6 Å². The summed E-state index contributed by atoms with van der Waals surface area (Å²) in [5.74, 6) is 0.340. The van der Waals surface area contributed by atoms with Crippen LogP contribution in [0, 0.1) is 5.82 Å². The number of carbonyl (C=O) groups excluding carboxylic acids is 1. The van der Waals surface area contributed by atoms with E-state index in [0.29, 0.717) is 12.4 Å². The molecule has 1 aliphatic heterocycles. The van der Waals surface area contributed by atoms with Crippen molar-refractivity contribution in [1.82, 2.24) is 19.8 Å². The third kappa shape index (κ3) is 4.35. The van der Waals surface area contributed by atoms with Crippen LogP contribution in [-0.2, 0) is 4.79 Å². The van der Waals surface area contributed by atoms with Gasteiger partial charge in [0.1, 0.15) is 5.69 Å². The Bertz CT molecular complexity index is 761. The van der Waals surface area contributed by atoms with Crippen molar-refractivity contribution in [3.05, 3.63) is 48.2 Å². The predicted molar refractivity (Wildman–Crippen MR) is 95.6 cm³/mol. The number of piperidine rings is 1. The minimum absolute atomic E-state index is 0.103. The fourth-order valence-corrected chi connectivity index (χ4v) is 3.02. The van der Waals surface area contributed by atoms with E-state index >= 15 is 0 Å². The summed E-state index contributed by atoms with van der Waals surface area (Å²) in [6.45, 7) is 2.04. The van der Waals surface area contributed by atoms with E-state index in [0.717, 1.165) is 31.6 Å². The molecule has 1 amide bonds. The molecule has 138 valence electrons. The molecule has 0 unspecified atom stereocenters. The second-order valence-corrected chi connectivity index (χ2v) is 6.62. The van der Waals surface area contributed by atoms with Gasteiger partial charge in [-0.1, -0.05) is 12.1 Å². The topological polar surface area (TPSA) is 58.6 Å². The largest absolute Gasteiger partial charge is 0.434 e. The lowest BCUT2D eigenvalue weighted by Crippen LogP contribution is -2.40. The molecule has 26 heavy (non-hydrogen) atoms. The highest BCUT2D eigenvalue weighted by atomic mass is 19.1. The maximum atomic E-state index is 13.9. The Kier molecular flexibility index (Phi) is 5.78. The minimum atomic E-state index is -0.430. The van der Waals surface area contributed by atoms with E-state index in [1.165, 1.54) is 6.07 Å². The Morgan fingerprint density at radius 2 is 1.92 bits per heavy atom. The second kappa shape index (κ2) is 8.23. The van der Waals surface area contributed by atoms with Crippen LogP contribution in [0.4, 0.5) is 4.39 Å². The highest BCUT2D eigenvalue weighted by Gasteiger charge is 2.26. The number of ether oxygens (including phenoxy) is 1. The zero-order valence-electron chi connectivity index (χ0n) is 15.1. The first-order chi connectivity index (χ1) is 12.5. The third-order valence-corrected chi connectivity index (χ3v) is 4.57. The number of halogens is 1. The van der Waals surface area contributed by atoms with Crippen LogP contribution in [0.3, 0.4) is 0 Å². The summed E-state index contributed by atoms with van der Waals surface area (Å²) in [6.07, 6.45) is 4.89. The Morgan fingerprint density at radius 1 is 1.23 bits per heavy atom. The van der Waals surface area contributed by atoms with E-state index in [9.17, 15) is 9.18 Å². The quantitative estimate of drug-likeness (QED) is 0.822. The minimum Gasteiger partial charge on any atom is -0.434 e. The maximum Gasteiger partial charge on any atom is 0.241 e. The van der Waals surface area contributed by atoms with Gasteiger partial charge in [-0.25, -0.2) is 9.37 Å². The van der Waals surface area contributed by atoms with Crippen molar-refractivity contribution in [2.45, 2.75) is 18.8 Å². The molecule has 0 spiro atoms. The SMILES string of the molecule is CN(C)C(=O)CN1CCC(c2nccnc2Oc2ccccc2F)CC1. The van der Waals surface area contributed by atoms with Crippen LogP contribution < -0.4 is 4.74 Å². The van der Waals surface area contributed by atoms with Gasteiger partial charge in [-0.15, -0.1) is 0 Å². The number of hydrogen-bond acceptors (Lipinski definition) is 5. The summed E-state index contributed by atoms with van der Waals surface area (Å²) in [7, 11) is 3.53. The first kappa shape index (κ1) is 18.3. The van der Waals surface area contributed by atoms with E-state index in [2.05, 4.69) is 14.9 Å². The Hall–Kier alpha value is -2.54. The molecule has 1 aromatic heterocycles. The first-order valence-electron chi connectivity index (χ1n) is 8.70. The molecule has 0 saturated carbocycles. The van der Waals surface area contributed by atoms with E-state index in [1.54, 1.807) is 49.6 Å². The van der Waals surface area contributed by atoms with Crippen LogP contribution in [0.5, 0.6) is 11.6 Å². The van der Waals surface area contributed by atoms with Crippen molar-refractivity contribution >= 4 is 5.91 Å². The molecule has 7 heteroatoms. The van der Waals surface area contributed by atoms with Crippen LogP contribution in [0.1, 0.15) is 24.5 Å². The van der Waals surface area contributed by atoms with Crippen molar-refractivity contribution in [2.24, 2.45) is 0 Å². The number of carbonyl (C=O) groups is 1. The number of likely N-dealkylation sites (N-methyl/N-ethyl adjacent to an activating group) is 1. The third-order valence-electron chi connectivity index (χ3n) is 4.57. The van der Waals surface area contributed by atoms with Crippen LogP contribution >= 0.6 is 0 Å². The number of amides is 1. The standard InChI is InChI=1S/C19H23FN4O2/c1-23(2)17(25)13-24-11-7-14(8-12-24)18-19(22-10-9-21-18)26-16-6-4-3-5-15(16)20/h3-6,9-10,14H,7-8,11-13H2,1-2H3. The fourth-order valence-electron chi connectivity index (χ4n) is 3.02. The number of aromatic nitrogens is 2. The summed E-state index contributed by atoms with van der Waals surface area (Å²) < 4.78 is 19.6. The van der Waals surface area contributed by atoms with Gasteiger partial charge < -0.3 is 9.64 Å². The molecule has 6 nitrogen and oxygen atoms in total. The van der Waals surface area contributed by atoms with Crippen LogP contribution in [-0.4, -0.2) is 59.4 Å². The summed E-state index contributed by atoms with van der Waals surface area (Å²) >= 11 is 0. The molecule has 3 rings (SSSR count). The molecular weight excluding hydrogens is 335 g/mol. The Labute approximate surface area is 152 Å². The summed E-state index contributed by atoms with van der Waals surface area (Å²) in [4.78, 5) is 24.3. The van der Waals surface area contributed by atoms with Crippen LogP contribution in [0.15, 0.2) is 36.7 Å². The summed E-state index contributed by atoms with van der Waals surface area (Å²) in [5.41, 5.74) is 0.745. The number of rotatable bonds is 5. The highest BCUT2D eigenvalue weighted by molar-refractivity contribution is 5.77. The zero-order valence-corrected chi connectivity index (χ0v) is 15.1. The fraction of sp³-hybridized carbons (Fsp3) is 0.421. The second-order valence-electron chi connectivity index (χ2n) is 6.62. The maximum absolute atomic E-state index is 13.9. The summed E-state index contributed by atoms with van der Waals surface area (Å²) in [5, 5.41) is 0. The molecule has 0 atom stereocenters. The van der Waals surface area contributed by atoms with Gasteiger partial charge >= 0.3 is 0 Å². The van der Waals surface area contributed by atoms with Crippen molar-refractivity contribution < 1.29 is 13.9 Å². The normalized spacial score (nSPS) is 15.7. The van der Waals surface area contributed by atoms with Crippen molar-refractivity contribution in [3.63, 3.8) is 0 Å². The molecule has 0 bridgehead atoms. The number of likely N-dealkylation sites (tertiary alicyclic amines) is 1. The van der Waals surface area contributed by atoms with Crippen LogP contribution in [0.2, 0.25) is 0 Å². The van der Waals surface area contributed by atoms with Gasteiger partial charge in [-0.2, -0.15) is 0 Å². The van der Waals surface area contributed by atoms with Gasteiger partial charge in [-0.3, -0.25) is 14.7 Å². The molecule has 1 saturated heterocycles. The average molecular weight is 358 g/mol. The summed E-state index contributed by atoms with van der Waals surface area (Å²) in [6, 6.07) is 6.26. The molecule has 1 aliphatic rings. The Balaban J connectivity index is 1.68. The number of para-hydroxylation sites is 1. The predicted octanol–water partition coefficient (Wildman–Crippen LogP) is 2.68. The molecule has 0 radical (unpaired) electrons. The molecule has 0 aliphatic carbocycles. The lowest BCUT2D eigenvalue weighted by Gasteiger charge is -2.32. The van der Waals surface area contributed by atoms with Gasteiger partial charge in [0.25, 0.3) is 0 Å². The van der Waals surface area contributed by atoms with Gasteiger partial charge in [0, 0.05) is 32.4 Å². The molecular formula is C19H23FN4O2. The van der Waals surface area contributed by atoms with Crippen molar-refractivity contribution in [2.75, 3.05) is 33.7 Å². The lowest BCUT2D eigenvalue weighted by atomic mass is 9.93. The van der Waals surface area contributed by atoms with Crippen LogP contribution in [0.25, 0.3) is 0 Å². The monoisotopic (exact) mass is 358 g/mol. The Morgan fingerprint density at radius 3 is 2.62 bits per heavy atom. The van der Waals surface area contributed by atoms with Gasteiger partial charge in [0.2, 0.25) is 11.8 Å². The first-order valence-corrected chi connectivity index (χ1v) is 8.70. The lowest BCUT2D eigenvalue weighted by molar-refractivity contribution is -0.130. The zero-order chi connectivity index (χ0) is 18.5. The van der Waals surface area contributed by atoms with E-state index in [4.69, 9.17) is 4.74 Å². The van der Waals surface area contributed by atoms with Crippen molar-refractivity contribution in [3.8, 4) is 11.6 Å². The van der Waals surface area contributed by atoms with Gasteiger partial charge in [0.15, 0.2) is 11.6 Å². The van der Waals surface area contributed by atoms with Gasteiger partial charge in [-0.05, 0) is 38.1 Å². The van der Waals surface area contributed by atoms with Gasteiger partial charge in [0.05, 0.1) is 6.54 Å². The number of hydrogen-bond donors (Lipinski definition) is 0. The molecule has 2 heterocycles. The van der Waals surface area contributed by atoms with E-state index < -0.39 is 5.82 Å². The van der Waals surface area contributed by atoms with E-state index in [1.807, 2.05) is 0 Å². The average Bonchev–Trinajstić information content (AvgIpc) is 2.65. The van der Waals surface area contributed by atoms with Crippen molar-refractivity contribution in [1.29, 1.82) is 0 Å². The smallest absolute Gasteiger partial charge is 0.241 e. The number of benzene rings is 1. The highest BCUT2D eigenvalue weighted by Crippen LogP contribution is 2.33. The molecule has 1 aromatic carbocycles. The molecule has 0 N–H and O–H groups in total. The molecule has 2 aromatic rings. The molecule has 1 fully saturated rings. The number of nitrogens with zero attached hydrogens (tertiary/aromatic N) is 4.